The predicted molar refractivity (Wildman–Crippen MR) is 74.9 cm³/mol. The Balaban J connectivity index is 2.09. The maximum atomic E-state index is 14.1. The Morgan fingerprint density at radius 3 is 2.95 bits per heavy atom. The van der Waals surface area contributed by atoms with Crippen LogP contribution in [0.3, 0.4) is 0 Å². The van der Waals surface area contributed by atoms with Crippen molar-refractivity contribution in [3.63, 3.8) is 0 Å². The van der Waals surface area contributed by atoms with Crippen LogP contribution >= 0.6 is 0 Å². The highest BCUT2D eigenvalue weighted by atomic mass is 19.1. The number of nitrogens with one attached hydrogen (secondary N) is 1. The minimum Gasteiger partial charge on any atom is -0.494 e. The Hall–Kier alpha value is -1.13. The normalized spacial score (nSPS) is 24.4. The minimum atomic E-state index is -0.235. The second kappa shape index (κ2) is 5.88. The topological polar surface area (TPSA) is 24.5 Å². The van der Waals surface area contributed by atoms with Crippen molar-refractivity contribution in [2.45, 2.75) is 32.4 Å². The first-order valence-corrected chi connectivity index (χ1v) is 6.87. The summed E-state index contributed by atoms with van der Waals surface area (Å²) in [5.74, 6) is 0.0904. The van der Waals surface area contributed by atoms with Crippen LogP contribution in [0.2, 0.25) is 0 Å². The molecule has 1 atom stereocenters. The molecule has 0 bridgehead atoms. The first-order chi connectivity index (χ1) is 9.08. The molecule has 0 aromatic heterocycles. The third-order valence-corrected chi connectivity index (χ3v) is 3.99. The average molecular weight is 266 g/mol. The summed E-state index contributed by atoms with van der Waals surface area (Å²) in [4.78, 5) is 2.30. The van der Waals surface area contributed by atoms with E-state index in [-0.39, 0.29) is 11.4 Å². The molecule has 0 radical (unpaired) electrons. The van der Waals surface area contributed by atoms with Crippen LogP contribution in [0.15, 0.2) is 18.2 Å². The van der Waals surface area contributed by atoms with E-state index < -0.39 is 0 Å². The van der Waals surface area contributed by atoms with E-state index in [2.05, 4.69) is 24.1 Å². The highest BCUT2D eigenvalue weighted by Gasteiger charge is 2.29. The van der Waals surface area contributed by atoms with E-state index in [0.717, 1.165) is 26.1 Å². The van der Waals surface area contributed by atoms with Crippen molar-refractivity contribution in [2.75, 3.05) is 26.7 Å². The molecule has 1 aliphatic rings. The molecule has 1 aromatic carbocycles. The van der Waals surface area contributed by atoms with Crippen LogP contribution in [0.1, 0.15) is 25.8 Å². The molecule has 1 aliphatic heterocycles. The highest BCUT2D eigenvalue weighted by Crippen LogP contribution is 2.23. The molecule has 1 fully saturated rings. The van der Waals surface area contributed by atoms with E-state index >= 15 is 0 Å². The molecule has 0 saturated carbocycles. The number of ether oxygens (including phenoxy) is 1. The van der Waals surface area contributed by atoms with Crippen LogP contribution in [0.25, 0.3) is 0 Å². The molecule has 3 nitrogen and oxygen atoms in total. The molecule has 1 saturated heterocycles. The van der Waals surface area contributed by atoms with E-state index in [1.807, 2.05) is 12.1 Å². The number of rotatable bonds is 4. The average Bonchev–Trinajstić information content (AvgIpc) is 2.41. The quantitative estimate of drug-likeness (QED) is 0.905. The molecular formula is C15H23FN2O. The molecule has 1 N–H and O–H groups in total. The number of nitrogens with zero attached hydrogens (tertiary/aromatic N) is 1. The van der Waals surface area contributed by atoms with Gasteiger partial charge in [-0.15, -0.1) is 0 Å². The molecule has 2 rings (SSSR count). The summed E-state index contributed by atoms with van der Waals surface area (Å²) in [6, 6.07) is 5.34. The summed E-state index contributed by atoms with van der Waals surface area (Å²) in [5, 5.41) is 3.54. The largest absolute Gasteiger partial charge is 0.494 e. The lowest BCUT2D eigenvalue weighted by molar-refractivity contribution is 0.132. The SMILES string of the molecule is CCC1(C)CN(Cc2cccc(OC)c2F)CCN1. The standard InChI is InChI=1S/C15H23FN2O/c1-4-15(2)11-18(9-8-17-15)10-12-6-5-7-13(19-3)14(12)16/h5-7,17H,4,8-11H2,1-3H3. The van der Waals surface area contributed by atoms with E-state index in [1.165, 1.54) is 7.11 Å². The zero-order chi connectivity index (χ0) is 13.9. The molecular weight excluding hydrogens is 243 g/mol. The summed E-state index contributed by atoms with van der Waals surface area (Å²) in [6.07, 6.45) is 1.07. The molecule has 106 valence electrons. The third kappa shape index (κ3) is 3.25. The zero-order valence-electron chi connectivity index (χ0n) is 12.0. The fraction of sp³-hybridized carbons (Fsp3) is 0.600. The lowest BCUT2D eigenvalue weighted by atomic mass is 9.95. The monoisotopic (exact) mass is 266 g/mol. The van der Waals surface area contributed by atoms with Crippen molar-refractivity contribution >= 4 is 0 Å². The van der Waals surface area contributed by atoms with Crippen molar-refractivity contribution in [1.82, 2.24) is 10.2 Å². The number of halogens is 1. The zero-order valence-corrected chi connectivity index (χ0v) is 12.0. The van der Waals surface area contributed by atoms with Gasteiger partial charge in [0.1, 0.15) is 0 Å². The maximum Gasteiger partial charge on any atom is 0.169 e. The van der Waals surface area contributed by atoms with Gasteiger partial charge in [0.25, 0.3) is 0 Å². The number of hydrogen-bond donors (Lipinski definition) is 1. The summed E-state index contributed by atoms with van der Waals surface area (Å²) in [5.41, 5.74) is 0.841. The second-order valence-corrected chi connectivity index (χ2v) is 5.49. The van der Waals surface area contributed by atoms with E-state index in [1.54, 1.807) is 6.07 Å². The molecule has 0 amide bonds. The van der Waals surface area contributed by atoms with E-state index in [0.29, 0.717) is 17.9 Å². The summed E-state index contributed by atoms with van der Waals surface area (Å²) in [6.45, 7) is 7.90. The Morgan fingerprint density at radius 1 is 1.47 bits per heavy atom. The van der Waals surface area contributed by atoms with Gasteiger partial charge in [-0.2, -0.15) is 0 Å². The summed E-state index contributed by atoms with van der Waals surface area (Å²) >= 11 is 0. The number of piperazine rings is 1. The van der Waals surface area contributed by atoms with Gasteiger partial charge in [-0.25, -0.2) is 4.39 Å². The van der Waals surface area contributed by atoms with Crippen LogP contribution in [0.5, 0.6) is 5.75 Å². The lowest BCUT2D eigenvalue weighted by Gasteiger charge is -2.41. The van der Waals surface area contributed by atoms with Gasteiger partial charge in [0.2, 0.25) is 0 Å². The smallest absolute Gasteiger partial charge is 0.169 e. The summed E-state index contributed by atoms with van der Waals surface area (Å²) in [7, 11) is 1.50. The van der Waals surface area contributed by atoms with Gasteiger partial charge < -0.3 is 10.1 Å². The predicted octanol–water partition coefficient (Wildman–Crippen LogP) is 2.41. The van der Waals surface area contributed by atoms with Crippen molar-refractivity contribution in [2.24, 2.45) is 0 Å². The van der Waals surface area contributed by atoms with Crippen molar-refractivity contribution in [1.29, 1.82) is 0 Å². The van der Waals surface area contributed by atoms with Crippen molar-refractivity contribution < 1.29 is 9.13 Å². The van der Waals surface area contributed by atoms with Crippen LogP contribution < -0.4 is 10.1 Å². The molecule has 1 aromatic rings. The number of benzene rings is 1. The van der Waals surface area contributed by atoms with Crippen LogP contribution in [-0.2, 0) is 6.54 Å². The van der Waals surface area contributed by atoms with Gasteiger partial charge in [0.15, 0.2) is 11.6 Å². The first-order valence-electron chi connectivity index (χ1n) is 6.87. The van der Waals surface area contributed by atoms with Gasteiger partial charge in [-0.1, -0.05) is 19.1 Å². The number of methoxy groups -OCH3 is 1. The Kier molecular flexibility index (Phi) is 4.42. The number of hydrogen-bond acceptors (Lipinski definition) is 3. The Labute approximate surface area is 114 Å². The van der Waals surface area contributed by atoms with Gasteiger partial charge in [0.05, 0.1) is 7.11 Å². The lowest BCUT2D eigenvalue weighted by Crippen LogP contribution is -2.58. The minimum absolute atomic E-state index is 0.133. The highest BCUT2D eigenvalue weighted by molar-refractivity contribution is 5.31. The van der Waals surface area contributed by atoms with Crippen LogP contribution in [-0.4, -0.2) is 37.2 Å². The van der Waals surface area contributed by atoms with Crippen LogP contribution in [0.4, 0.5) is 4.39 Å². The van der Waals surface area contributed by atoms with Gasteiger partial charge in [0, 0.05) is 37.3 Å². The fourth-order valence-corrected chi connectivity index (χ4v) is 2.59. The fourth-order valence-electron chi connectivity index (χ4n) is 2.59. The van der Waals surface area contributed by atoms with Crippen molar-refractivity contribution in [3.8, 4) is 5.75 Å². The molecule has 1 unspecified atom stereocenters. The van der Waals surface area contributed by atoms with Crippen molar-refractivity contribution in [3.05, 3.63) is 29.6 Å². The second-order valence-electron chi connectivity index (χ2n) is 5.49. The Bertz CT molecular complexity index is 438. The van der Waals surface area contributed by atoms with E-state index in [9.17, 15) is 4.39 Å². The van der Waals surface area contributed by atoms with E-state index in [4.69, 9.17) is 4.74 Å². The van der Waals surface area contributed by atoms with Gasteiger partial charge >= 0.3 is 0 Å². The molecule has 1 heterocycles. The third-order valence-electron chi connectivity index (χ3n) is 3.99. The molecule has 0 aliphatic carbocycles. The van der Waals surface area contributed by atoms with Gasteiger partial charge in [-0.05, 0) is 19.4 Å². The summed E-state index contributed by atoms with van der Waals surface area (Å²) < 4.78 is 19.2. The molecule has 19 heavy (non-hydrogen) atoms. The molecule has 0 spiro atoms. The first kappa shape index (κ1) is 14.3. The van der Waals surface area contributed by atoms with Crippen LogP contribution in [0, 0.1) is 5.82 Å². The molecule has 4 heteroatoms. The maximum absolute atomic E-state index is 14.1. The van der Waals surface area contributed by atoms with Gasteiger partial charge in [-0.3, -0.25) is 4.90 Å². The Morgan fingerprint density at radius 2 is 2.26 bits per heavy atom.